The maximum atomic E-state index is 5.78. The number of rotatable bonds is 6. The minimum absolute atomic E-state index is 0.0357. The van der Waals surface area contributed by atoms with E-state index in [-0.39, 0.29) is 12.2 Å². The molecule has 0 fully saturated rings. The zero-order valence-corrected chi connectivity index (χ0v) is 11.3. The normalized spacial score (nSPS) is 15.2. The van der Waals surface area contributed by atoms with Crippen LogP contribution in [0.3, 0.4) is 0 Å². The molecule has 0 aliphatic heterocycles. The number of methoxy groups -OCH3 is 1. The lowest BCUT2D eigenvalue weighted by Gasteiger charge is -2.19. The Kier molecular flexibility index (Phi) is 5.78. The van der Waals surface area contributed by atoms with E-state index in [1.807, 2.05) is 19.1 Å². The molecular formula is C10H16BrNO2S. The van der Waals surface area contributed by atoms with E-state index in [1.54, 1.807) is 18.4 Å². The molecule has 0 saturated heterocycles. The van der Waals surface area contributed by atoms with Crippen molar-refractivity contribution in [2.75, 3.05) is 20.3 Å². The highest BCUT2D eigenvalue weighted by Gasteiger charge is 2.15. The summed E-state index contributed by atoms with van der Waals surface area (Å²) in [5.74, 6) is 0. The summed E-state index contributed by atoms with van der Waals surface area (Å²) in [6.07, 6.45) is 0.0240. The maximum Gasteiger partial charge on any atom is 0.104 e. The number of halogens is 1. The van der Waals surface area contributed by atoms with Crippen LogP contribution >= 0.6 is 27.3 Å². The van der Waals surface area contributed by atoms with E-state index in [2.05, 4.69) is 15.9 Å². The van der Waals surface area contributed by atoms with Crippen LogP contribution in [0.25, 0.3) is 0 Å². The second-order valence-electron chi connectivity index (χ2n) is 3.27. The molecule has 2 N–H and O–H groups in total. The van der Waals surface area contributed by atoms with Crippen LogP contribution in [-0.4, -0.2) is 26.4 Å². The second-order valence-corrected chi connectivity index (χ2v) is 5.76. The lowest BCUT2D eigenvalue weighted by atomic mass is 10.3. The molecule has 0 spiro atoms. The summed E-state index contributed by atoms with van der Waals surface area (Å²) in [6, 6.07) is 4.04. The molecule has 0 bridgehead atoms. The van der Waals surface area contributed by atoms with Gasteiger partial charge in [0.15, 0.2) is 0 Å². The Labute approximate surface area is 103 Å². The largest absolute Gasteiger partial charge is 0.382 e. The maximum absolute atomic E-state index is 5.78. The van der Waals surface area contributed by atoms with Gasteiger partial charge in [0.05, 0.1) is 16.5 Å². The number of hydrogen-bond donors (Lipinski definition) is 1. The Balaban J connectivity index is 2.56. The molecule has 1 aromatic rings. The monoisotopic (exact) mass is 293 g/mol. The molecule has 0 aliphatic carbocycles. The van der Waals surface area contributed by atoms with Crippen molar-refractivity contribution in [1.29, 1.82) is 0 Å². The Morgan fingerprint density at radius 1 is 1.53 bits per heavy atom. The van der Waals surface area contributed by atoms with Gasteiger partial charge in [0.2, 0.25) is 0 Å². The molecule has 1 aromatic heterocycles. The second kappa shape index (κ2) is 6.60. The first-order chi connectivity index (χ1) is 7.17. The third kappa shape index (κ3) is 4.20. The molecule has 2 atom stereocenters. The number of thiophene rings is 1. The fraction of sp³-hybridized carbons (Fsp3) is 0.600. The molecule has 0 saturated carbocycles. The molecule has 1 heterocycles. The van der Waals surface area contributed by atoms with Crippen LogP contribution in [0.15, 0.2) is 15.9 Å². The third-order valence-corrected chi connectivity index (χ3v) is 3.64. The van der Waals surface area contributed by atoms with E-state index in [0.29, 0.717) is 13.2 Å². The molecule has 86 valence electrons. The van der Waals surface area contributed by atoms with Gasteiger partial charge in [-0.15, -0.1) is 11.3 Å². The average molecular weight is 294 g/mol. The Morgan fingerprint density at radius 3 is 2.73 bits per heavy atom. The van der Waals surface area contributed by atoms with Gasteiger partial charge in [-0.2, -0.15) is 0 Å². The first-order valence-electron chi connectivity index (χ1n) is 4.77. The number of ether oxygens (including phenoxy) is 2. The smallest absolute Gasteiger partial charge is 0.104 e. The van der Waals surface area contributed by atoms with E-state index in [4.69, 9.17) is 15.2 Å². The van der Waals surface area contributed by atoms with Crippen molar-refractivity contribution < 1.29 is 9.47 Å². The van der Waals surface area contributed by atoms with Crippen molar-refractivity contribution in [3.8, 4) is 0 Å². The van der Waals surface area contributed by atoms with Crippen LogP contribution in [0.5, 0.6) is 0 Å². The van der Waals surface area contributed by atoms with Crippen LogP contribution in [0.4, 0.5) is 0 Å². The summed E-state index contributed by atoms with van der Waals surface area (Å²) in [5.41, 5.74) is 5.68. The van der Waals surface area contributed by atoms with Gasteiger partial charge in [-0.25, -0.2) is 0 Å². The highest BCUT2D eigenvalue weighted by atomic mass is 79.9. The van der Waals surface area contributed by atoms with Crippen molar-refractivity contribution in [3.05, 3.63) is 20.8 Å². The molecular weight excluding hydrogens is 278 g/mol. The highest BCUT2D eigenvalue weighted by Crippen LogP contribution is 2.29. The number of hydrogen-bond acceptors (Lipinski definition) is 4. The third-order valence-electron chi connectivity index (χ3n) is 1.92. The van der Waals surface area contributed by atoms with Gasteiger partial charge in [-0.1, -0.05) is 0 Å². The molecule has 0 aliphatic rings. The van der Waals surface area contributed by atoms with E-state index in [9.17, 15) is 0 Å². The molecule has 3 nitrogen and oxygen atoms in total. The standard InChI is InChI=1S/C10H16BrNO2S/c1-7(6-13-2)14-8(5-12)9-3-4-10(11)15-9/h3-4,7-8H,5-6,12H2,1-2H3. The van der Waals surface area contributed by atoms with Gasteiger partial charge >= 0.3 is 0 Å². The molecule has 0 aromatic carbocycles. The molecule has 2 unspecified atom stereocenters. The molecule has 5 heteroatoms. The van der Waals surface area contributed by atoms with Crippen molar-refractivity contribution in [3.63, 3.8) is 0 Å². The van der Waals surface area contributed by atoms with E-state index >= 15 is 0 Å². The fourth-order valence-corrected chi connectivity index (χ4v) is 2.77. The van der Waals surface area contributed by atoms with Gasteiger partial charge in [0.25, 0.3) is 0 Å². The SMILES string of the molecule is COCC(C)OC(CN)c1ccc(Br)s1. The molecule has 15 heavy (non-hydrogen) atoms. The van der Waals surface area contributed by atoms with Crippen molar-refractivity contribution >= 4 is 27.3 Å². The van der Waals surface area contributed by atoms with Gasteiger partial charge in [-0.3, -0.25) is 0 Å². The average Bonchev–Trinajstić information content (AvgIpc) is 2.61. The topological polar surface area (TPSA) is 44.5 Å². The zero-order chi connectivity index (χ0) is 11.3. The summed E-state index contributed by atoms with van der Waals surface area (Å²) in [6.45, 7) is 3.05. The van der Waals surface area contributed by atoms with Gasteiger partial charge in [0, 0.05) is 18.5 Å². The quantitative estimate of drug-likeness (QED) is 0.877. The highest BCUT2D eigenvalue weighted by molar-refractivity contribution is 9.11. The van der Waals surface area contributed by atoms with E-state index < -0.39 is 0 Å². The van der Waals surface area contributed by atoms with Crippen molar-refractivity contribution in [2.24, 2.45) is 5.73 Å². The van der Waals surface area contributed by atoms with E-state index in [1.165, 1.54) is 0 Å². The summed E-state index contributed by atoms with van der Waals surface area (Å²) in [5, 5.41) is 0. The van der Waals surface area contributed by atoms with Crippen LogP contribution in [0.2, 0.25) is 0 Å². The lowest BCUT2D eigenvalue weighted by molar-refractivity contribution is -0.0348. The van der Waals surface area contributed by atoms with E-state index in [0.717, 1.165) is 8.66 Å². The van der Waals surface area contributed by atoms with Crippen LogP contribution < -0.4 is 5.73 Å². The van der Waals surface area contributed by atoms with Crippen molar-refractivity contribution in [1.82, 2.24) is 0 Å². The van der Waals surface area contributed by atoms with Crippen molar-refractivity contribution in [2.45, 2.75) is 19.1 Å². The summed E-state index contributed by atoms with van der Waals surface area (Å²) < 4.78 is 11.9. The van der Waals surface area contributed by atoms with Crippen LogP contribution in [-0.2, 0) is 9.47 Å². The summed E-state index contributed by atoms with van der Waals surface area (Å²) >= 11 is 5.08. The minimum atomic E-state index is -0.0357. The van der Waals surface area contributed by atoms with Crippen LogP contribution in [0.1, 0.15) is 17.9 Å². The first-order valence-corrected chi connectivity index (χ1v) is 6.38. The summed E-state index contributed by atoms with van der Waals surface area (Å²) in [7, 11) is 1.67. The summed E-state index contributed by atoms with van der Waals surface area (Å²) in [4.78, 5) is 1.15. The van der Waals surface area contributed by atoms with Gasteiger partial charge in [0.1, 0.15) is 6.10 Å². The van der Waals surface area contributed by atoms with Gasteiger partial charge in [-0.05, 0) is 35.0 Å². The first kappa shape index (κ1) is 13.1. The molecule has 1 rings (SSSR count). The fourth-order valence-electron chi connectivity index (χ4n) is 1.29. The molecule has 0 amide bonds. The minimum Gasteiger partial charge on any atom is -0.382 e. The number of nitrogens with two attached hydrogens (primary N) is 1. The zero-order valence-electron chi connectivity index (χ0n) is 8.90. The van der Waals surface area contributed by atoms with Gasteiger partial charge < -0.3 is 15.2 Å². The predicted octanol–water partition coefficient (Wildman–Crippen LogP) is 2.56. The molecule has 0 radical (unpaired) electrons. The Morgan fingerprint density at radius 2 is 2.27 bits per heavy atom. The van der Waals surface area contributed by atoms with Crippen LogP contribution in [0, 0.1) is 0 Å². The Bertz CT molecular complexity index is 293. The Hall–Kier alpha value is 0.0600. The predicted molar refractivity (Wildman–Crippen MR) is 66.2 cm³/mol. The lowest BCUT2D eigenvalue weighted by Crippen LogP contribution is -2.23.